The molecular formula is C15H11ClN2O2S. The van der Waals surface area contributed by atoms with Gasteiger partial charge >= 0.3 is 0 Å². The number of amides is 1. The second kappa shape index (κ2) is 6.20. The van der Waals surface area contributed by atoms with E-state index in [9.17, 15) is 4.79 Å². The molecule has 1 heterocycles. The summed E-state index contributed by atoms with van der Waals surface area (Å²) >= 11 is 7.13. The maximum atomic E-state index is 11.8. The molecule has 0 aliphatic carbocycles. The molecule has 0 spiro atoms. The minimum Gasteiger partial charge on any atom is -0.431 e. The summed E-state index contributed by atoms with van der Waals surface area (Å²) in [6.45, 7) is 0. The molecule has 0 saturated heterocycles. The van der Waals surface area contributed by atoms with Crippen molar-refractivity contribution in [3.63, 3.8) is 0 Å². The zero-order valence-corrected chi connectivity index (χ0v) is 12.4. The second-order valence-electron chi connectivity index (χ2n) is 4.29. The van der Waals surface area contributed by atoms with Crippen LogP contribution in [0.1, 0.15) is 0 Å². The van der Waals surface area contributed by atoms with Gasteiger partial charge in [-0.05, 0) is 24.3 Å². The maximum Gasteiger partial charge on any atom is 0.257 e. The number of hydrogen-bond donors (Lipinski definition) is 1. The predicted octanol–water partition coefficient (Wildman–Crippen LogP) is 4.21. The van der Waals surface area contributed by atoms with Crippen LogP contribution >= 0.6 is 23.4 Å². The van der Waals surface area contributed by atoms with Gasteiger partial charge in [0.1, 0.15) is 5.52 Å². The largest absolute Gasteiger partial charge is 0.431 e. The first-order valence-electron chi connectivity index (χ1n) is 6.24. The lowest BCUT2D eigenvalue weighted by Gasteiger charge is -2.02. The molecule has 1 amide bonds. The number of nitrogens with one attached hydrogen (secondary N) is 1. The third kappa shape index (κ3) is 3.56. The van der Waals surface area contributed by atoms with Crippen LogP contribution in [0.4, 0.5) is 5.69 Å². The van der Waals surface area contributed by atoms with Crippen molar-refractivity contribution in [2.75, 3.05) is 11.1 Å². The lowest BCUT2D eigenvalue weighted by Crippen LogP contribution is -2.13. The molecule has 0 aliphatic rings. The fourth-order valence-corrected chi connectivity index (χ4v) is 2.59. The summed E-state index contributed by atoms with van der Waals surface area (Å²) in [5, 5.41) is 3.85. The van der Waals surface area contributed by atoms with E-state index in [0.29, 0.717) is 15.8 Å². The van der Waals surface area contributed by atoms with Gasteiger partial charge in [0.05, 0.1) is 5.75 Å². The minimum absolute atomic E-state index is 0.105. The van der Waals surface area contributed by atoms with Crippen LogP contribution in [0.5, 0.6) is 0 Å². The van der Waals surface area contributed by atoms with Crippen molar-refractivity contribution in [3.8, 4) is 0 Å². The highest BCUT2D eigenvalue weighted by Crippen LogP contribution is 2.25. The molecule has 21 heavy (non-hydrogen) atoms. The molecule has 2 aromatic carbocycles. The second-order valence-corrected chi connectivity index (χ2v) is 5.66. The summed E-state index contributed by atoms with van der Waals surface area (Å²) in [6, 6.07) is 14.6. The number of carbonyl (C=O) groups is 1. The summed E-state index contributed by atoms with van der Waals surface area (Å²) in [6.07, 6.45) is 0. The number of rotatable bonds is 4. The summed E-state index contributed by atoms with van der Waals surface area (Å²) in [7, 11) is 0. The zero-order valence-electron chi connectivity index (χ0n) is 10.9. The van der Waals surface area contributed by atoms with E-state index < -0.39 is 0 Å². The van der Waals surface area contributed by atoms with Crippen LogP contribution in [-0.2, 0) is 4.79 Å². The van der Waals surface area contributed by atoms with Crippen LogP contribution < -0.4 is 5.32 Å². The highest BCUT2D eigenvalue weighted by molar-refractivity contribution is 7.99. The lowest BCUT2D eigenvalue weighted by molar-refractivity contribution is -0.113. The number of para-hydroxylation sites is 1. The molecule has 0 bridgehead atoms. The van der Waals surface area contributed by atoms with Gasteiger partial charge in [0.15, 0.2) is 5.58 Å². The Labute approximate surface area is 130 Å². The molecule has 0 aliphatic heterocycles. The van der Waals surface area contributed by atoms with E-state index in [1.807, 2.05) is 30.3 Å². The van der Waals surface area contributed by atoms with Crippen LogP contribution in [0.3, 0.4) is 0 Å². The van der Waals surface area contributed by atoms with Gasteiger partial charge in [0, 0.05) is 16.8 Å². The molecule has 4 nitrogen and oxygen atoms in total. The van der Waals surface area contributed by atoms with Crippen molar-refractivity contribution in [2.24, 2.45) is 0 Å². The Morgan fingerprint density at radius 1 is 1.24 bits per heavy atom. The number of oxazole rings is 1. The van der Waals surface area contributed by atoms with Crippen molar-refractivity contribution in [1.29, 1.82) is 0 Å². The number of hydrogen-bond acceptors (Lipinski definition) is 4. The summed E-state index contributed by atoms with van der Waals surface area (Å²) in [4.78, 5) is 16.1. The first-order chi connectivity index (χ1) is 10.2. The molecule has 0 saturated carbocycles. The molecule has 0 atom stereocenters. The molecule has 3 rings (SSSR count). The Bertz CT molecular complexity index is 774. The third-order valence-corrected chi connectivity index (χ3v) is 3.78. The molecule has 0 unspecified atom stereocenters. The molecule has 0 radical (unpaired) electrons. The van der Waals surface area contributed by atoms with E-state index in [1.165, 1.54) is 11.8 Å². The van der Waals surface area contributed by atoms with Crippen molar-refractivity contribution < 1.29 is 9.21 Å². The van der Waals surface area contributed by atoms with Gasteiger partial charge in [-0.25, -0.2) is 4.98 Å². The highest BCUT2D eigenvalue weighted by Gasteiger charge is 2.09. The van der Waals surface area contributed by atoms with Gasteiger partial charge in [0.25, 0.3) is 5.22 Å². The average molecular weight is 319 g/mol. The van der Waals surface area contributed by atoms with Gasteiger partial charge in [0.2, 0.25) is 5.91 Å². The topological polar surface area (TPSA) is 55.1 Å². The lowest BCUT2D eigenvalue weighted by atomic mass is 10.3. The number of nitrogens with zero attached hydrogens (tertiary/aromatic N) is 1. The van der Waals surface area contributed by atoms with Gasteiger partial charge in [-0.1, -0.05) is 41.6 Å². The number of fused-ring (bicyclic) bond motifs is 1. The van der Waals surface area contributed by atoms with E-state index in [0.717, 1.165) is 11.2 Å². The highest BCUT2D eigenvalue weighted by atomic mass is 35.5. The van der Waals surface area contributed by atoms with E-state index in [4.69, 9.17) is 16.0 Å². The Hall–Kier alpha value is -1.98. The first kappa shape index (κ1) is 14.0. The summed E-state index contributed by atoms with van der Waals surface area (Å²) in [5.41, 5.74) is 2.12. The van der Waals surface area contributed by atoms with Crippen molar-refractivity contribution >= 4 is 46.1 Å². The summed E-state index contributed by atoms with van der Waals surface area (Å²) in [5.74, 6) is 0.126. The molecule has 3 aromatic rings. The quantitative estimate of drug-likeness (QED) is 0.732. The van der Waals surface area contributed by atoms with E-state index >= 15 is 0 Å². The fourth-order valence-electron chi connectivity index (χ4n) is 1.78. The van der Waals surface area contributed by atoms with E-state index in [1.54, 1.807) is 18.2 Å². The molecule has 106 valence electrons. The van der Waals surface area contributed by atoms with Crippen LogP contribution in [0.15, 0.2) is 58.2 Å². The van der Waals surface area contributed by atoms with Crippen LogP contribution in [-0.4, -0.2) is 16.6 Å². The van der Waals surface area contributed by atoms with Gasteiger partial charge in [-0.15, -0.1) is 0 Å². The van der Waals surface area contributed by atoms with Crippen molar-refractivity contribution in [2.45, 2.75) is 5.22 Å². The Morgan fingerprint density at radius 2 is 2.05 bits per heavy atom. The van der Waals surface area contributed by atoms with Gasteiger partial charge in [-0.2, -0.15) is 0 Å². The minimum atomic E-state index is -0.105. The number of aromatic nitrogens is 1. The Kier molecular flexibility index (Phi) is 4.13. The number of halogens is 1. The fraction of sp³-hybridized carbons (Fsp3) is 0.0667. The molecule has 0 fully saturated rings. The van der Waals surface area contributed by atoms with Crippen LogP contribution in [0.25, 0.3) is 11.1 Å². The monoisotopic (exact) mass is 318 g/mol. The smallest absolute Gasteiger partial charge is 0.257 e. The number of anilines is 1. The van der Waals surface area contributed by atoms with Crippen LogP contribution in [0, 0.1) is 0 Å². The number of carbonyl (C=O) groups excluding carboxylic acids is 1. The molecule has 1 aromatic heterocycles. The number of thioether (sulfide) groups is 1. The normalized spacial score (nSPS) is 10.7. The molecular weight excluding hydrogens is 308 g/mol. The van der Waals surface area contributed by atoms with E-state index in [-0.39, 0.29) is 11.7 Å². The van der Waals surface area contributed by atoms with Gasteiger partial charge < -0.3 is 9.73 Å². The van der Waals surface area contributed by atoms with Crippen LogP contribution in [0.2, 0.25) is 5.02 Å². The first-order valence-corrected chi connectivity index (χ1v) is 7.61. The molecule has 1 N–H and O–H groups in total. The third-order valence-electron chi connectivity index (χ3n) is 2.72. The summed E-state index contributed by atoms with van der Waals surface area (Å²) < 4.78 is 5.54. The number of benzene rings is 2. The Morgan fingerprint density at radius 3 is 2.86 bits per heavy atom. The zero-order chi connectivity index (χ0) is 14.7. The van der Waals surface area contributed by atoms with Crippen molar-refractivity contribution in [3.05, 3.63) is 53.6 Å². The van der Waals surface area contributed by atoms with E-state index in [2.05, 4.69) is 10.3 Å². The van der Waals surface area contributed by atoms with Crippen molar-refractivity contribution in [1.82, 2.24) is 4.98 Å². The Balaban J connectivity index is 1.62. The van der Waals surface area contributed by atoms with Gasteiger partial charge in [-0.3, -0.25) is 4.79 Å². The average Bonchev–Trinajstić information content (AvgIpc) is 2.88. The standard InChI is InChI=1S/C15H11ClN2O2S/c16-10-6-7-12-13(8-10)20-15(18-12)21-9-14(19)17-11-4-2-1-3-5-11/h1-8H,9H2,(H,17,19). The SMILES string of the molecule is O=C(CSc1nc2ccc(Cl)cc2o1)Nc1ccccc1. The maximum absolute atomic E-state index is 11.8. The molecule has 6 heteroatoms. The predicted molar refractivity (Wildman–Crippen MR) is 84.8 cm³/mol.